The average molecular weight is 343 g/mol. The number of rotatable bonds is 6. The number of ether oxygens (including phenoxy) is 1. The van der Waals surface area contributed by atoms with Crippen molar-refractivity contribution in [1.82, 2.24) is 14.8 Å². The van der Waals surface area contributed by atoms with Gasteiger partial charge in [0.1, 0.15) is 17.2 Å². The molecule has 1 aliphatic carbocycles. The van der Waals surface area contributed by atoms with Crippen molar-refractivity contribution in [2.75, 3.05) is 32.8 Å². The topological polar surface area (TPSA) is 59.6 Å². The molecule has 0 bridgehead atoms. The van der Waals surface area contributed by atoms with E-state index >= 15 is 0 Å². The monoisotopic (exact) mass is 343 g/mol. The second kappa shape index (κ2) is 7.06. The fourth-order valence-corrected chi connectivity index (χ4v) is 3.47. The third-order valence-electron chi connectivity index (χ3n) is 4.98. The molecule has 25 heavy (non-hydrogen) atoms. The van der Waals surface area contributed by atoms with Crippen LogP contribution in [0.15, 0.2) is 34.9 Å². The summed E-state index contributed by atoms with van der Waals surface area (Å²) in [6.07, 6.45) is 4.33. The van der Waals surface area contributed by atoms with Gasteiger partial charge in [0.15, 0.2) is 0 Å². The zero-order valence-electron chi connectivity index (χ0n) is 14.6. The van der Waals surface area contributed by atoms with Gasteiger partial charge in [0.2, 0.25) is 0 Å². The quantitative estimate of drug-likeness (QED) is 0.876. The van der Waals surface area contributed by atoms with E-state index in [0.717, 1.165) is 43.1 Å². The van der Waals surface area contributed by atoms with Crippen molar-refractivity contribution >= 4 is 5.91 Å². The summed E-state index contributed by atoms with van der Waals surface area (Å²) in [5.74, 6) is 1.78. The lowest BCUT2D eigenvalue weighted by molar-refractivity contribution is 0.0116. The second-order valence-corrected chi connectivity index (χ2v) is 6.85. The number of hydrogen-bond acceptors (Lipinski definition) is 4. The Morgan fingerprint density at radius 3 is 2.76 bits per heavy atom. The second-order valence-electron chi connectivity index (χ2n) is 6.85. The molecule has 1 saturated heterocycles. The number of aryl methyl sites for hydroxylation is 1. The summed E-state index contributed by atoms with van der Waals surface area (Å²) in [5.41, 5.74) is 0.749. The van der Waals surface area contributed by atoms with E-state index in [2.05, 4.69) is 14.8 Å². The van der Waals surface area contributed by atoms with Crippen LogP contribution in [0.5, 0.6) is 0 Å². The van der Waals surface area contributed by atoms with Gasteiger partial charge in [0.05, 0.1) is 19.3 Å². The van der Waals surface area contributed by atoms with Crippen LogP contribution in [0.2, 0.25) is 0 Å². The molecule has 2 fully saturated rings. The summed E-state index contributed by atoms with van der Waals surface area (Å²) in [6, 6.07) is 8.36. The molecule has 2 aromatic heterocycles. The van der Waals surface area contributed by atoms with E-state index in [1.165, 1.54) is 0 Å². The van der Waals surface area contributed by atoms with Crippen LogP contribution in [0.3, 0.4) is 0 Å². The van der Waals surface area contributed by atoms with Gasteiger partial charge in [-0.25, -0.2) is 0 Å². The molecule has 2 aromatic rings. The molecular weight excluding hydrogens is 318 g/mol. The first kappa shape index (κ1) is 16.4. The number of nitrogens with one attached hydrogen (secondary N) is 1. The maximum Gasteiger partial charge on any atom is 0.267 e. The Morgan fingerprint density at radius 2 is 2.08 bits per heavy atom. The Bertz CT molecular complexity index is 726. The highest BCUT2D eigenvalue weighted by molar-refractivity contribution is 5.92. The molecular formula is C19H25N3O3. The maximum absolute atomic E-state index is 12.7. The van der Waals surface area contributed by atoms with Gasteiger partial charge >= 0.3 is 0 Å². The number of carbonyl (C=O) groups is 1. The van der Waals surface area contributed by atoms with Crippen molar-refractivity contribution in [3.63, 3.8) is 0 Å². The summed E-state index contributed by atoms with van der Waals surface area (Å²) >= 11 is 0. The van der Waals surface area contributed by atoms with Gasteiger partial charge in [-0.05, 0) is 44.0 Å². The fraction of sp³-hybridized carbons (Fsp3) is 0.526. The maximum atomic E-state index is 12.7. The molecule has 1 amide bonds. The van der Waals surface area contributed by atoms with Gasteiger partial charge in [-0.3, -0.25) is 9.69 Å². The SMILES string of the molecule is Cc1ccc([C@@H](CNC(=O)c2cccn2C2CC2)N2CCOCC2)o1. The number of amides is 1. The van der Waals surface area contributed by atoms with Crippen molar-refractivity contribution in [2.24, 2.45) is 0 Å². The summed E-state index contributed by atoms with van der Waals surface area (Å²) in [4.78, 5) is 15.0. The van der Waals surface area contributed by atoms with Crippen LogP contribution in [-0.2, 0) is 4.74 Å². The van der Waals surface area contributed by atoms with Gasteiger partial charge < -0.3 is 19.0 Å². The average Bonchev–Trinajstić information content (AvgIpc) is 3.19. The summed E-state index contributed by atoms with van der Waals surface area (Å²) < 4.78 is 13.4. The third kappa shape index (κ3) is 3.65. The molecule has 1 atom stereocenters. The number of furan rings is 1. The van der Waals surface area contributed by atoms with E-state index < -0.39 is 0 Å². The lowest BCUT2D eigenvalue weighted by atomic mass is 10.1. The number of hydrogen-bond donors (Lipinski definition) is 1. The van der Waals surface area contributed by atoms with E-state index in [-0.39, 0.29) is 11.9 Å². The van der Waals surface area contributed by atoms with E-state index in [0.29, 0.717) is 25.8 Å². The van der Waals surface area contributed by atoms with Gasteiger partial charge in [0, 0.05) is 31.9 Å². The first-order chi connectivity index (χ1) is 12.2. The largest absolute Gasteiger partial charge is 0.465 e. The zero-order valence-corrected chi connectivity index (χ0v) is 14.6. The van der Waals surface area contributed by atoms with Crippen molar-refractivity contribution in [3.05, 3.63) is 47.7 Å². The minimum atomic E-state index is -0.0153. The standard InChI is InChI=1S/C19H25N3O3/c1-14-4-7-18(25-14)17(21-9-11-24-12-10-21)13-20-19(23)16-3-2-8-22(16)15-5-6-15/h2-4,7-8,15,17H,5-6,9-13H2,1H3,(H,20,23)/t17-/m1/s1. The Balaban J connectivity index is 1.46. The Kier molecular flexibility index (Phi) is 4.63. The highest BCUT2D eigenvalue weighted by Crippen LogP contribution is 2.36. The first-order valence-corrected chi connectivity index (χ1v) is 9.05. The normalized spacial score (nSPS) is 19.7. The van der Waals surface area contributed by atoms with E-state index in [4.69, 9.17) is 9.15 Å². The van der Waals surface area contributed by atoms with E-state index in [1.54, 1.807) is 0 Å². The summed E-state index contributed by atoms with van der Waals surface area (Å²) in [5, 5.41) is 3.11. The predicted octanol–water partition coefficient (Wildman–Crippen LogP) is 2.53. The van der Waals surface area contributed by atoms with Gasteiger partial charge in [-0.2, -0.15) is 0 Å². The lowest BCUT2D eigenvalue weighted by Gasteiger charge is -2.33. The molecule has 1 saturated carbocycles. The highest BCUT2D eigenvalue weighted by atomic mass is 16.5. The number of morpholine rings is 1. The fourth-order valence-electron chi connectivity index (χ4n) is 3.47. The van der Waals surface area contributed by atoms with E-state index in [1.807, 2.05) is 37.4 Å². The minimum absolute atomic E-state index is 0.0153. The Hall–Kier alpha value is -2.05. The van der Waals surface area contributed by atoms with Crippen LogP contribution in [-0.4, -0.2) is 48.2 Å². The van der Waals surface area contributed by atoms with Crippen molar-refractivity contribution in [3.8, 4) is 0 Å². The molecule has 0 spiro atoms. The third-order valence-corrected chi connectivity index (χ3v) is 4.98. The summed E-state index contributed by atoms with van der Waals surface area (Å²) in [6.45, 7) is 5.60. The molecule has 6 nitrogen and oxygen atoms in total. The molecule has 3 heterocycles. The lowest BCUT2D eigenvalue weighted by Crippen LogP contribution is -2.43. The molecule has 2 aliphatic rings. The highest BCUT2D eigenvalue weighted by Gasteiger charge is 2.28. The van der Waals surface area contributed by atoms with Crippen molar-refractivity contribution < 1.29 is 13.9 Å². The minimum Gasteiger partial charge on any atom is -0.465 e. The van der Waals surface area contributed by atoms with Gasteiger partial charge in [0.25, 0.3) is 5.91 Å². The van der Waals surface area contributed by atoms with Crippen LogP contribution < -0.4 is 5.32 Å². The molecule has 4 rings (SSSR count). The number of nitrogens with zero attached hydrogens (tertiary/aromatic N) is 2. The summed E-state index contributed by atoms with van der Waals surface area (Å²) in [7, 11) is 0. The van der Waals surface area contributed by atoms with Gasteiger partial charge in [-0.1, -0.05) is 0 Å². The number of carbonyl (C=O) groups excluding carboxylic acids is 1. The molecule has 0 unspecified atom stereocenters. The number of aromatic nitrogens is 1. The molecule has 1 aliphatic heterocycles. The van der Waals surface area contributed by atoms with E-state index in [9.17, 15) is 4.79 Å². The van der Waals surface area contributed by atoms with Crippen LogP contribution >= 0.6 is 0 Å². The van der Waals surface area contributed by atoms with Crippen LogP contribution in [0.1, 0.15) is 46.9 Å². The predicted molar refractivity (Wildman–Crippen MR) is 93.6 cm³/mol. The van der Waals surface area contributed by atoms with Crippen LogP contribution in [0.25, 0.3) is 0 Å². The van der Waals surface area contributed by atoms with Crippen LogP contribution in [0.4, 0.5) is 0 Å². The Labute approximate surface area is 147 Å². The Morgan fingerprint density at radius 1 is 1.28 bits per heavy atom. The molecule has 0 radical (unpaired) electrons. The van der Waals surface area contributed by atoms with Crippen molar-refractivity contribution in [2.45, 2.75) is 31.8 Å². The first-order valence-electron chi connectivity index (χ1n) is 9.05. The molecule has 0 aromatic carbocycles. The van der Waals surface area contributed by atoms with Gasteiger partial charge in [-0.15, -0.1) is 0 Å². The molecule has 134 valence electrons. The smallest absolute Gasteiger partial charge is 0.267 e. The van der Waals surface area contributed by atoms with Crippen molar-refractivity contribution in [1.29, 1.82) is 0 Å². The zero-order chi connectivity index (χ0) is 17.2. The molecule has 1 N–H and O–H groups in total. The molecule has 6 heteroatoms. The van der Waals surface area contributed by atoms with Crippen LogP contribution in [0, 0.1) is 6.92 Å².